The van der Waals surface area contributed by atoms with Crippen molar-refractivity contribution in [2.24, 2.45) is 0 Å². The number of ketones is 1. The first-order valence-electron chi connectivity index (χ1n) is 13.5. The van der Waals surface area contributed by atoms with Crippen LogP contribution in [0.1, 0.15) is 57.2 Å². The minimum absolute atomic E-state index is 0.00916. The van der Waals surface area contributed by atoms with Crippen LogP contribution in [0, 0.1) is 0 Å². The minimum Gasteiger partial charge on any atom is -0.481 e. The molecular formula is C32H35N3O5. The highest BCUT2D eigenvalue weighted by Crippen LogP contribution is 2.46. The van der Waals surface area contributed by atoms with Crippen LogP contribution < -0.4 is 5.32 Å². The Labute approximate surface area is 234 Å². The maximum Gasteiger partial charge on any atom is 0.326 e. The molecule has 3 heterocycles. The lowest BCUT2D eigenvalue weighted by Crippen LogP contribution is -2.46. The monoisotopic (exact) mass is 541 g/mol. The highest BCUT2D eigenvalue weighted by atomic mass is 16.6. The van der Waals surface area contributed by atoms with E-state index in [0.29, 0.717) is 37.1 Å². The number of carboxylic acids is 1. The summed E-state index contributed by atoms with van der Waals surface area (Å²) in [6, 6.07) is 10.1. The third-order valence-electron chi connectivity index (χ3n) is 7.46. The number of allylic oxidation sites excluding steroid dienone is 2. The number of nitrogens with zero attached hydrogens (tertiary/aromatic N) is 2. The molecule has 208 valence electrons. The van der Waals surface area contributed by atoms with E-state index < -0.39 is 23.3 Å². The number of esters is 1. The number of fused-ring (bicyclic) bond motifs is 4. The summed E-state index contributed by atoms with van der Waals surface area (Å²) < 4.78 is 6.02. The molecule has 1 atom stereocenters. The molecule has 0 saturated carbocycles. The fourth-order valence-electron chi connectivity index (χ4n) is 5.38. The molecule has 8 heteroatoms. The number of hydrogen-bond donors (Lipinski definition) is 2. The summed E-state index contributed by atoms with van der Waals surface area (Å²) >= 11 is 0. The summed E-state index contributed by atoms with van der Waals surface area (Å²) in [4.78, 5) is 44.4. The van der Waals surface area contributed by atoms with E-state index in [4.69, 9.17) is 14.8 Å². The van der Waals surface area contributed by atoms with Crippen molar-refractivity contribution < 1.29 is 24.2 Å². The van der Waals surface area contributed by atoms with Gasteiger partial charge >= 0.3 is 11.9 Å². The standard InChI is InChI=1S/C32H35N3O5/c1-6-24-21(5)35-19-23-16-22-13-9-10-14-26(22)34-31(23)27(35)17-25(24)32(8-3,28(36)7-2)40-30(39)18-33-20(4)12-11-15-29(37)38/h7,9-10,13-14,16-17,33H,2,4-6,8,11-12,15,18-19H2,1,3H3,(H,37,38). The number of aromatic nitrogens is 1. The van der Waals surface area contributed by atoms with E-state index in [1.807, 2.05) is 37.3 Å². The van der Waals surface area contributed by atoms with E-state index in [1.54, 1.807) is 6.92 Å². The zero-order chi connectivity index (χ0) is 29.0. The minimum atomic E-state index is -1.60. The number of pyridine rings is 1. The number of carbonyl (C=O) groups is 3. The van der Waals surface area contributed by atoms with Crippen LogP contribution in [0.3, 0.4) is 0 Å². The Bertz CT molecular complexity index is 1480. The smallest absolute Gasteiger partial charge is 0.326 e. The number of carboxylic acid groups (broad SMARTS) is 1. The molecule has 1 aromatic carbocycles. The van der Waals surface area contributed by atoms with Crippen molar-refractivity contribution in [3.8, 4) is 0 Å². The molecule has 40 heavy (non-hydrogen) atoms. The van der Waals surface area contributed by atoms with Gasteiger partial charge in [-0.25, -0.2) is 4.98 Å². The van der Waals surface area contributed by atoms with Gasteiger partial charge in [-0.3, -0.25) is 14.4 Å². The first kappa shape index (κ1) is 28.5. The molecule has 2 N–H and O–H groups in total. The van der Waals surface area contributed by atoms with Gasteiger partial charge in [0.25, 0.3) is 0 Å². The van der Waals surface area contributed by atoms with E-state index in [-0.39, 0.29) is 19.4 Å². The molecule has 0 spiro atoms. The van der Waals surface area contributed by atoms with Gasteiger partial charge in [-0.15, -0.1) is 0 Å². The largest absolute Gasteiger partial charge is 0.481 e. The van der Waals surface area contributed by atoms with E-state index in [1.165, 1.54) is 6.08 Å². The highest BCUT2D eigenvalue weighted by Gasteiger charge is 2.46. The zero-order valence-electron chi connectivity index (χ0n) is 23.1. The van der Waals surface area contributed by atoms with E-state index in [2.05, 4.69) is 36.0 Å². The molecule has 0 saturated heterocycles. The third kappa shape index (κ3) is 5.34. The second-order valence-electron chi connectivity index (χ2n) is 9.92. The maximum atomic E-state index is 13.5. The molecule has 8 nitrogen and oxygen atoms in total. The Hall–Kier alpha value is -4.46. The van der Waals surface area contributed by atoms with Crippen LogP contribution >= 0.6 is 0 Å². The topological polar surface area (TPSA) is 109 Å². The molecule has 2 aliphatic heterocycles. The number of carbonyl (C=O) groups excluding carboxylic acids is 2. The Morgan fingerprint density at radius 2 is 1.98 bits per heavy atom. The average molecular weight is 542 g/mol. The lowest BCUT2D eigenvalue weighted by molar-refractivity contribution is -0.160. The summed E-state index contributed by atoms with van der Waals surface area (Å²) in [6.07, 6.45) is 4.68. The Kier molecular flexibility index (Phi) is 8.38. The van der Waals surface area contributed by atoms with Crippen molar-refractivity contribution in [3.63, 3.8) is 0 Å². The SMILES string of the molecule is C=CC(=O)C(CC)(OC(=O)CNC(=C)CCCC(=O)O)C1=C(CC)C(=C)N2Cc3cc4ccccc4nc3C2=C1. The molecular weight excluding hydrogens is 506 g/mol. The van der Waals surface area contributed by atoms with Gasteiger partial charge in [0.2, 0.25) is 5.78 Å². The number of aliphatic carboxylic acids is 1. The molecule has 1 unspecified atom stereocenters. The maximum absolute atomic E-state index is 13.5. The van der Waals surface area contributed by atoms with Crippen LogP contribution in [0.15, 0.2) is 84.8 Å². The van der Waals surface area contributed by atoms with Gasteiger partial charge in [-0.2, -0.15) is 0 Å². The molecule has 0 fully saturated rings. The number of benzene rings is 1. The predicted octanol–water partition coefficient (Wildman–Crippen LogP) is 5.43. The molecule has 0 aliphatic carbocycles. The molecule has 0 bridgehead atoms. The van der Waals surface area contributed by atoms with Gasteiger partial charge < -0.3 is 20.1 Å². The first-order valence-corrected chi connectivity index (χ1v) is 13.5. The van der Waals surface area contributed by atoms with Crippen molar-refractivity contribution in [2.75, 3.05) is 6.54 Å². The second kappa shape index (κ2) is 11.7. The molecule has 4 rings (SSSR count). The highest BCUT2D eigenvalue weighted by molar-refractivity contribution is 6.02. The molecule has 0 amide bonds. The van der Waals surface area contributed by atoms with Crippen LogP contribution in [-0.2, 0) is 25.7 Å². The van der Waals surface area contributed by atoms with Gasteiger partial charge in [-0.1, -0.05) is 51.8 Å². The van der Waals surface area contributed by atoms with Gasteiger partial charge in [0.1, 0.15) is 6.54 Å². The average Bonchev–Trinajstić information content (AvgIpc) is 3.30. The van der Waals surface area contributed by atoms with Crippen molar-refractivity contribution in [3.05, 3.63) is 96.0 Å². The molecule has 1 aromatic heterocycles. The number of para-hydroxylation sites is 1. The lowest BCUT2D eigenvalue weighted by atomic mass is 9.79. The van der Waals surface area contributed by atoms with E-state index in [9.17, 15) is 14.4 Å². The number of ether oxygens (including phenoxy) is 1. The predicted molar refractivity (Wildman–Crippen MR) is 155 cm³/mol. The van der Waals surface area contributed by atoms with Crippen LogP contribution in [0.5, 0.6) is 0 Å². The quantitative estimate of drug-likeness (QED) is 0.255. The molecule has 0 radical (unpaired) electrons. The number of nitrogens with one attached hydrogen (secondary N) is 1. The summed E-state index contributed by atoms with van der Waals surface area (Å²) in [5.41, 5.74) is 4.63. The number of rotatable bonds is 13. The molecule has 2 aliphatic rings. The summed E-state index contributed by atoms with van der Waals surface area (Å²) in [5, 5.41) is 12.8. The van der Waals surface area contributed by atoms with E-state index >= 15 is 0 Å². The van der Waals surface area contributed by atoms with Crippen LogP contribution in [0.4, 0.5) is 0 Å². The fourth-order valence-corrected chi connectivity index (χ4v) is 5.38. The normalized spacial score (nSPS) is 15.6. The Balaban J connectivity index is 1.69. The van der Waals surface area contributed by atoms with Crippen molar-refractivity contribution in [1.29, 1.82) is 0 Å². The van der Waals surface area contributed by atoms with Gasteiger partial charge in [-0.05, 0) is 55.5 Å². The van der Waals surface area contributed by atoms with Crippen molar-refractivity contribution in [1.82, 2.24) is 15.2 Å². The lowest BCUT2D eigenvalue weighted by Gasteiger charge is -2.38. The van der Waals surface area contributed by atoms with Crippen LogP contribution in [0.25, 0.3) is 16.6 Å². The third-order valence-corrected chi connectivity index (χ3v) is 7.46. The first-order chi connectivity index (χ1) is 19.1. The van der Waals surface area contributed by atoms with Crippen LogP contribution in [0.2, 0.25) is 0 Å². The summed E-state index contributed by atoms with van der Waals surface area (Å²) in [6.45, 7) is 16.1. The second-order valence-corrected chi connectivity index (χ2v) is 9.92. The van der Waals surface area contributed by atoms with Crippen LogP contribution in [-0.4, -0.2) is 44.9 Å². The van der Waals surface area contributed by atoms with E-state index in [0.717, 1.165) is 39.1 Å². The zero-order valence-corrected chi connectivity index (χ0v) is 23.1. The van der Waals surface area contributed by atoms with Gasteiger partial charge in [0.05, 0.1) is 23.5 Å². The Morgan fingerprint density at radius 1 is 1.23 bits per heavy atom. The Morgan fingerprint density at radius 3 is 2.65 bits per heavy atom. The summed E-state index contributed by atoms with van der Waals surface area (Å²) in [5.74, 6) is -1.95. The summed E-state index contributed by atoms with van der Waals surface area (Å²) in [7, 11) is 0. The van der Waals surface area contributed by atoms with Gasteiger partial charge in [0.15, 0.2) is 5.60 Å². The number of hydrogen-bond acceptors (Lipinski definition) is 7. The fraction of sp³-hybridized carbons (Fsp3) is 0.312. The van der Waals surface area contributed by atoms with Crippen molar-refractivity contribution in [2.45, 2.75) is 58.1 Å². The van der Waals surface area contributed by atoms with Crippen molar-refractivity contribution >= 4 is 34.3 Å². The molecule has 2 aromatic rings. The van der Waals surface area contributed by atoms with Gasteiger partial charge in [0, 0.05) is 34.3 Å².